The fourth-order valence-electron chi connectivity index (χ4n) is 2.22. The van der Waals surface area contributed by atoms with Crippen molar-refractivity contribution in [1.29, 1.82) is 0 Å². The first-order valence-corrected chi connectivity index (χ1v) is 8.35. The van der Waals surface area contributed by atoms with Crippen LogP contribution in [0.2, 0.25) is 5.02 Å². The van der Waals surface area contributed by atoms with Gasteiger partial charge in [-0.15, -0.1) is 0 Å². The van der Waals surface area contributed by atoms with Gasteiger partial charge in [0.25, 0.3) is 5.91 Å². The lowest BCUT2D eigenvalue weighted by Gasteiger charge is -2.23. The van der Waals surface area contributed by atoms with E-state index < -0.39 is 17.3 Å². The summed E-state index contributed by atoms with van der Waals surface area (Å²) in [7, 11) is 0. The number of nitrogens with one attached hydrogen (secondary N) is 2. The molecule has 0 aliphatic heterocycles. The van der Waals surface area contributed by atoms with Crippen molar-refractivity contribution in [2.24, 2.45) is 0 Å². The van der Waals surface area contributed by atoms with E-state index in [-0.39, 0.29) is 29.5 Å². The van der Waals surface area contributed by atoms with Crippen molar-refractivity contribution in [3.05, 3.63) is 64.4 Å². The fourth-order valence-corrected chi connectivity index (χ4v) is 2.48. The van der Waals surface area contributed by atoms with Crippen LogP contribution in [0.25, 0.3) is 0 Å². The number of aliphatic hydroxyl groups excluding tert-OH is 1. The number of rotatable bonds is 6. The molecule has 7 heteroatoms. The maximum Gasteiger partial charge on any atom is 0.257 e. The molecule has 0 saturated carbocycles. The SMILES string of the molecule is CC(C)(CO)NC(=O)Cc1ccc(NC(=O)c2ccc(F)cc2Cl)cc1. The molecule has 0 heterocycles. The normalized spacial score (nSPS) is 11.1. The Labute approximate surface area is 156 Å². The van der Waals surface area contributed by atoms with Gasteiger partial charge in [-0.3, -0.25) is 9.59 Å². The maximum atomic E-state index is 13.0. The topological polar surface area (TPSA) is 78.4 Å². The summed E-state index contributed by atoms with van der Waals surface area (Å²) >= 11 is 5.87. The Morgan fingerprint density at radius 2 is 1.81 bits per heavy atom. The van der Waals surface area contributed by atoms with E-state index in [0.717, 1.165) is 17.7 Å². The predicted octanol–water partition coefficient (Wildman–Crippen LogP) is 3.16. The van der Waals surface area contributed by atoms with E-state index in [1.165, 1.54) is 6.07 Å². The molecule has 3 N–H and O–H groups in total. The smallest absolute Gasteiger partial charge is 0.257 e. The van der Waals surface area contributed by atoms with E-state index in [1.54, 1.807) is 38.1 Å². The summed E-state index contributed by atoms with van der Waals surface area (Å²) in [4.78, 5) is 24.2. The van der Waals surface area contributed by atoms with Crippen LogP contribution >= 0.6 is 11.6 Å². The highest BCUT2D eigenvalue weighted by molar-refractivity contribution is 6.34. The molecule has 2 rings (SSSR count). The van der Waals surface area contributed by atoms with Gasteiger partial charge in [0, 0.05) is 5.69 Å². The van der Waals surface area contributed by atoms with E-state index >= 15 is 0 Å². The Morgan fingerprint density at radius 1 is 1.15 bits per heavy atom. The van der Waals surface area contributed by atoms with E-state index in [0.29, 0.717) is 5.69 Å². The minimum atomic E-state index is -0.681. The molecule has 0 aliphatic carbocycles. The first-order chi connectivity index (χ1) is 12.2. The minimum Gasteiger partial charge on any atom is -0.394 e. The highest BCUT2D eigenvalue weighted by Crippen LogP contribution is 2.19. The van der Waals surface area contributed by atoms with Crippen LogP contribution in [0, 0.1) is 5.82 Å². The lowest BCUT2D eigenvalue weighted by atomic mass is 10.1. The number of hydrogen-bond donors (Lipinski definition) is 3. The van der Waals surface area contributed by atoms with Crippen LogP contribution in [0.3, 0.4) is 0 Å². The van der Waals surface area contributed by atoms with Gasteiger partial charge < -0.3 is 15.7 Å². The van der Waals surface area contributed by atoms with Gasteiger partial charge in [-0.05, 0) is 49.7 Å². The van der Waals surface area contributed by atoms with Gasteiger partial charge in [-0.1, -0.05) is 23.7 Å². The first kappa shape index (κ1) is 19.9. The fraction of sp³-hybridized carbons (Fsp3) is 0.263. The summed E-state index contributed by atoms with van der Waals surface area (Å²) in [5.74, 6) is -1.18. The Balaban J connectivity index is 1.99. The number of halogens is 2. The second-order valence-corrected chi connectivity index (χ2v) is 6.95. The Kier molecular flexibility index (Phi) is 6.34. The van der Waals surface area contributed by atoms with Crippen molar-refractivity contribution in [2.45, 2.75) is 25.8 Å². The van der Waals surface area contributed by atoms with Gasteiger partial charge in [0.15, 0.2) is 0 Å². The van der Waals surface area contributed by atoms with Crippen LogP contribution in [0.4, 0.5) is 10.1 Å². The quantitative estimate of drug-likeness (QED) is 0.722. The summed E-state index contributed by atoms with van der Waals surface area (Å²) in [5, 5.41) is 14.6. The number of anilines is 1. The second-order valence-electron chi connectivity index (χ2n) is 6.54. The number of benzene rings is 2. The molecule has 138 valence electrons. The molecule has 0 radical (unpaired) electrons. The van der Waals surface area contributed by atoms with Crippen molar-refractivity contribution >= 4 is 29.1 Å². The maximum absolute atomic E-state index is 13.0. The highest BCUT2D eigenvalue weighted by Gasteiger charge is 2.19. The number of carbonyl (C=O) groups excluding carboxylic acids is 2. The number of amides is 2. The molecular formula is C19H20ClFN2O3. The van der Waals surface area contributed by atoms with E-state index in [9.17, 15) is 19.1 Å². The Bertz CT molecular complexity index is 807. The molecule has 2 aromatic rings. The molecule has 5 nitrogen and oxygen atoms in total. The van der Waals surface area contributed by atoms with E-state index in [4.69, 9.17) is 11.6 Å². The number of aliphatic hydroxyl groups is 1. The van der Waals surface area contributed by atoms with Crippen molar-refractivity contribution in [3.8, 4) is 0 Å². The van der Waals surface area contributed by atoms with Crippen LogP contribution in [-0.2, 0) is 11.2 Å². The summed E-state index contributed by atoms with van der Waals surface area (Å²) in [6.07, 6.45) is 0.154. The van der Waals surface area contributed by atoms with Gasteiger partial charge >= 0.3 is 0 Å². The second kappa shape index (κ2) is 8.29. The third kappa shape index (κ3) is 5.54. The molecule has 0 aromatic heterocycles. The van der Waals surface area contributed by atoms with Crippen LogP contribution in [-0.4, -0.2) is 29.1 Å². The van der Waals surface area contributed by atoms with Gasteiger partial charge in [0.1, 0.15) is 5.82 Å². The largest absolute Gasteiger partial charge is 0.394 e. The molecule has 0 atom stereocenters. The van der Waals surface area contributed by atoms with Crippen LogP contribution in [0.5, 0.6) is 0 Å². The number of hydrogen-bond acceptors (Lipinski definition) is 3. The summed E-state index contributed by atoms with van der Waals surface area (Å²) in [5.41, 5.74) is 0.770. The highest BCUT2D eigenvalue weighted by atomic mass is 35.5. The lowest BCUT2D eigenvalue weighted by molar-refractivity contribution is -0.122. The van der Waals surface area contributed by atoms with Crippen LogP contribution in [0.1, 0.15) is 29.8 Å². The molecule has 26 heavy (non-hydrogen) atoms. The summed E-state index contributed by atoms with van der Waals surface area (Å²) < 4.78 is 13.0. The van der Waals surface area contributed by atoms with E-state index in [2.05, 4.69) is 10.6 Å². The average Bonchev–Trinajstić information content (AvgIpc) is 2.56. The molecular weight excluding hydrogens is 359 g/mol. The molecule has 0 fully saturated rings. The zero-order valence-corrected chi connectivity index (χ0v) is 15.2. The van der Waals surface area contributed by atoms with Crippen molar-refractivity contribution < 1.29 is 19.1 Å². The third-order valence-electron chi connectivity index (χ3n) is 3.63. The summed E-state index contributed by atoms with van der Waals surface area (Å²) in [6.45, 7) is 3.30. The third-order valence-corrected chi connectivity index (χ3v) is 3.94. The van der Waals surface area contributed by atoms with Gasteiger partial charge in [-0.2, -0.15) is 0 Å². The molecule has 0 spiro atoms. The van der Waals surface area contributed by atoms with Crippen LogP contribution in [0.15, 0.2) is 42.5 Å². The molecule has 0 bridgehead atoms. The average molecular weight is 379 g/mol. The molecule has 2 aromatic carbocycles. The first-order valence-electron chi connectivity index (χ1n) is 7.97. The number of carbonyl (C=O) groups is 2. The predicted molar refractivity (Wildman–Crippen MR) is 98.8 cm³/mol. The Morgan fingerprint density at radius 3 is 2.38 bits per heavy atom. The van der Waals surface area contributed by atoms with Crippen molar-refractivity contribution in [1.82, 2.24) is 5.32 Å². The molecule has 0 unspecified atom stereocenters. The zero-order valence-electron chi connectivity index (χ0n) is 14.5. The lowest BCUT2D eigenvalue weighted by Crippen LogP contribution is -2.46. The standard InChI is InChI=1S/C19H20ClFN2O3/c1-19(2,11-24)23-17(25)9-12-3-6-14(7-4-12)22-18(26)15-8-5-13(21)10-16(15)20/h3-8,10,24H,9,11H2,1-2H3,(H,22,26)(H,23,25). The van der Waals surface area contributed by atoms with Crippen molar-refractivity contribution in [3.63, 3.8) is 0 Å². The van der Waals surface area contributed by atoms with Gasteiger partial charge in [-0.25, -0.2) is 4.39 Å². The minimum absolute atomic E-state index is 0.0299. The van der Waals surface area contributed by atoms with Crippen LogP contribution < -0.4 is 10.6 Å². The van der Waals surface area contributed by atoms with Gasteiger partial charge in [0.2, 0.25) is 5.91 Å². The monoisotopic (exact) mass is 378 g/mol. The molecule has 2 amide bonds. The summed E-state index contributed by atoms with van der Waals surface area (Å²) in [6, 6.07) is 10.3. The van der Waals surface area contributed by atoms with Crippen molar-refractivity contribution in [2.75, 3.05) is 11.9 Å². The molecule has 0 aliphatic rings. The van der Waals surface area contributed by atoms with E-state index in [1.807, 2.05) is 0 Å². The van der Waals surface area contributed by atoms with Gasteiger partial charge in [0.05, 0.1) is 29.2 Å². The Hall–Kier alpha value is -2.44. The molecule has 0 saturated heterocycles. The zero-order chi connectivity index (χ0) is 19.3.